The van der Waals surface area contributed by atoms with Crippen LogP contribution in [0.2, 0.25) is 0 Å². The minimum absolute atomic E-state index is 0.0241. The Balaban J connectivity index is 1.76. The van der Waals surface area contributed by atoms with Gasteiger partial charge in [0.2, 0.25) is 0 Å². The van der Waals surface area contributed by atoms with Crippen molar-refractivity contribution >= 4 is 23.5 Å². The standard InChI is InChI=1S/C22H25FN2O4/c1-14-5-10-17(11-18(14)23)25-19(26)13-29-20(27)12-24-21(28)15-6-8-16(9-7-15)22(2,3)4/h5-11H,12-13H2,1-4H3,(H,24,28)(H,25,26). The fraction of sp³-hybridized carbons (Fsp3) is 0.318. The zero-order valence-corrected chi connectivity index (χ0v) is 17.0. The molecule has 2 N–H and O–H groups in total. The number of hydrogen-bond donors (Lipinski definition) is 2. The third-order valence-corrected chi connectivity index (χ3v) is 4.23. The van der Waals surface area contributed by atoms with Gasteiger partial charge in [-0.05, 0) is 47.7 Å². The number of esters is 1. The number of halogens is 1. The highest BCUT2D eigenvalue weighted by molar-refractivity contribution is 5.96. The van der Waals surface area contributed by atoms with Crippen molar-refractivity contribution in [3.8, 4) is 0 Å². The van der Waals surface area contributed by atoms with Crippen LogP contribution in [0.5, 0.6) is 0 Å². The molecule has 0 bridgehead atoms. The quantitative estimate of drug-likeness (QED) is 0.729. The van der Waals surface area contributed by atoms with Crippen LogP contribution in [0.3, 0.4) is 0 Å². The topological polar surface area (TPSA) is 84.5 Å². The largest absolute Gasteiger partial charge is 0.454 e. The Labute approximate surface area is 169 Å². The summed E-state index contributed by atoms with van der Waals surface area (Å²) in [5.41, 5.74) is 2.21. The first-order chi connectivity index (χ1) is 13.6. The zero-order chi connectivity index (χ0) is 21.6. The van der Waals surface area contributed by atoms with Gasteiger partial charge in [-0.1, -0.05) is 39.0 Å². The Morgan fingerprint density at radius 3 is 2.28 bits per heavy atom. The highest BCUT2D eigenvalue weighted by Crippen LogP contribution is 2.22. The second-order valence-corrected chi connectivity index (χ2v) is 7.68. The van der Waals surface area contributed by atoms with Crippen LogP contribution in [0.25, 0.3) is 0 Å². The molecule has 0 radical (unpaired) electrons. The van der Waals surface area contributed by atoms with Crippen molar-refractivity contribution in [3.05, 3.63) is 65.0 Å². The van der Waals surface area contributed by atoms with E-state index in [1.54, 1.807) is 25.1 Å². The fourth-order valence-corrected chi connectivity index (χ4v) is 2.44. The number of benzene rings is 2. The van der Waals surface area contributed by atoms with Crippen LogP contribution < -0.4 is 10.6 Å². The van der Waals surface area contributed by atoms with Crippen molar-refractivity contribution in [2.75, 3.05) is 18.5 Å². The lowest BCUT2D eigenvalue weighted by Crippen LogP contribution is -2.32. The van der Waals surface area contributed by atoms with Gasteiger partial charge in [0.05, 0.1) is 0 Å². The van der Waals surface area contributed by atoms with Crippen molar-refractivity contribution in [1.82, 2.24) is 5.32 Å². The lowest BCUT2D eigenvalue weighted by molar-refractivity contribution is -0.146. The molecule has 0 spiro atoms. The number of carbonyl (C=O) groups excluding carboxylic acids is 3. The maximum atomic E-state index is 13.5. The summed E-state index contributed by atoms with van der Waals surface area (Å²) in [6, 6.07) is 11.4. The van der Waals surface area contributed by atoms with E-state index in [0.717, 1.165) is 5.56 Å². The molecule has 0 unspecified atom stereocenters. The second-order valence-electron chi connectivity index (χ2n) is 7.68. The first-order valence-electron chi connectivity index (χ1n) is 9.16. The summed E-state index contributed by atoms with van der Waals surface area (Å²) in [5.74, 6) is -2.22. The van der Waals surface area contributed by atoms with E-state index in [1.807, 2.05) is 12.1 Å². The van der Waals surface area contributed by atoms with E-state index in [0.29, 0.717) is 11.1 Å². The molecule has 2 amide bonds. The van der Waals surface area contributed by atoms with Crippen LogP contribution >= 0.6 is 0 Å². The molecule has 0 aliphatic heterocycles. The summed E-state index contributed by atoms with van der Waals surface area (Å²) >= 11 is 0. The van der Waals surface area contributed by atoms with Crippen LogP contribution in [0, 0.1) is 12.7 Å². The first kappa shape index (κ1) is 22.1. The number of hydrogen-bond acceptors (Lipinski definition) is 4. The molecule has 0 heterocycles. The van der Waals surface area contributed by atoms with Gasteiger partial charge in [0.1, 0.15) is 12.4 Å². The van der Waals surface area contributed by atoms with Gasteiger partial charge in [0.25, 0.3) is 11.8 Å². The van der Waals surface area contributed by atoms with Crippen LogP contribution in [0.15, 0.2) is 42.5 Å². The lowest BCUT2D eigenvalue weighted by Gasteiger charge is -2.19. The predicted octanol–water partition coefficient (Wildman–Crippen LogP) is 3.34. The van der Waals surface area contributed by atoms with Gasteiger partial charge >= 0.3 is 5.97 Å². The average Bonchev–Trinajstić information content (AvgIpc) is 2.66. The minimum atomic E-state index is -0.755. The third kappa shape index (κ3) is 6.71. The molecule has 0 saturated carbocycles. The molecule has 0 aromatic heterocycles. The Morgan fingerprint density at radius 2 is 1.69 bits per heavy atom. The molecule has 2 aromatic rings. The molecule has 7 heteroatoms. The normalized spacial score (nSPS) is 10.9. The number of anilines is 1. The fourth-order valence-electron chi connectivity index (χ4n) is 2.44. The number of carbonyl (C=O) groups is 3. The van der Waals surface area contributed by atoms with Gasteiger partial charge in [-0.25, -0.2) is 4.39 Å². The van der Waals surface area contributed by atoms with Gasteiger partial charge in [-0.2, -0.15) is 0 Å². The zero-order valence-electron chi connectivity index (χ0n) is 17.0. The molecule has 154 valence electrons. The van der Waals surface area contributed by atoms with Crippen molar-refractivity contribution in [1.29, 1.82) is 0 Å². The highest BCUT2D eigenvalue weighted by Gasteiger charge is 2.15. The monoisotopic (exact) mass is 400 g/mol. The molecule has 2 aromatic carbocycles. The first-order valence-corrected chi connectivity index (χ1v) is 9.16. The van der Waals surface area contributed by atoms with E-state index < -0.39 is 30.2 Å². The number of rotatable bonds is 6. The molecule has 0 fully saturated rings. The van der Waals surface area contributed by atoms with Crippen LogP contribution in [-0.4, -0.2) is 30.9 Å². The summed E-state index contributed by atoms with van der Waals surface area (Å²) in [6.45, 7) is 6.92. The van der Waals surface area contributed by atoms with E-state index in [1.165, 1.54) is 12.1 Å². The lowest BCUT2D eigenvalue weighted by atomic mass is 9.87. The van der Waals surface area contributed by atoms with Gasteiger partial charge in [0.15, 0.2) is 6.61 Å². The van der Waals surface area contributed by atoms with Gasteiger partial charge < -0.3 is 15.4 Å². The maximum Gasteiger partial charge on any atom is 0.325 e. The van der Waals surface area contributed by atoms with Crippen molar-refractivity contribution in [3.63, 3.8) is 0 Å². The summed E-state index contributed by atoms with van der Waals surface area (Å²) in [6.07, 6.45) is 0. The number of amides is 2. The maximum absolute atomic E-state index is 13.5. The van der Waals surface area contributed by atoms with E-state index >= 15 is 0 Å². The van der Waals surface area contributed by atoms with Crippen LogP contribution in [0.4, 0.5) is 10.1 Å². The Morgan fingerprint density at radius 1 is 1.03 bits per heavy atom. The summed E-state index contributed by atoms with van der Waals surface area (Å²) in [5, 5.41) is 4.88. The average molecular weight is 400 g/mol. The highest BCUT2D eigenvalue weighted by atomic mass is 19.1. The van der Waals surface area contributed by atoms with E-state index in [9.17, 15) is 18.8 Å². The summed E-state index contributed by atoms with van der Waals surface area (Å²) in [4.78, 5) is 35.6. The molecular formula is C22H25FN2O4. The Bertz CT molecular complexity index is 902. The smallest absolute Gasteiger partial charge is 0.325 e. The Kier molecular flexibility index (Phi) is 7.09. The van der Waals surface area contributed by atoms with E-state index in [2.05, 4.69) is 31.4 Å². The molecular weight excluding hydrogens is 375 g/mol. The van der Waals surface area contributed by atoms with Crippen molar-refractivity contribution < 1.29 is 23.5 Å². The predicted molar refractivity (Wildman–Crippen MR) is 108 cm³/mol. The Hall–Kier alpha value is -3.22. The van der Waals surface area contributed by atoms with E-state index in [-0.39, 0.29) is 17.6 Å². The minimum Gasteiger partial charge on any atom is -0.454 e. The third-order valence-electron chi connectivity index (χ3n) is 4.23. The van der Waals surface area contributed by atoms with Gasteiger partial charge in [0, 0.05) is 11.3 Å². The van der Waals surface area contributed by atoms with E-state index in [4.69, 9.17) is 4.74 Å². The van der Waals surface area contributed by atoms with Crippen molar-refractivity contribution in [2.24, 2.45) is 0 Å². The molecule has 0 saturated heterocycles. The van der Waals surface area contributed by atoms with Gasteiger partial charge in [-0.15, -0.1) is 0 Å². The second kappa shape index (κ2) is 9.32. The number of ether oxygens (including phenoxy) is 1. The molecule has 29 heavy (non-hydrogen) atoms. The van der Waals surface area contributed by atoms with Crippen molar-refractivity contribution in [2.45, 2.75) is 33.1 Å². The molecule has 0 aliphatic carbocycles. The molecule has 6 nitrogen and oxygen atoms in total. The molecule has 0 atom stereocenters. The summed E-state index contributed by atoms with van der Waals surface area (Å²) in [7, 11) is 0. The number of nitrogens with one attached hydrogen (secondary N) is 2. The van der Waals surface area contributed by atoms with Crippen LogP contribution in [0.1, 0.15) is 42.3 Å². The SMILES string of the molecule is Cc1ccc(NC(=O)COC(=O)CNC(=O)c2ccc(C(C)(C)C)cc2)cc1F. The molecule has 2 rings (SSSR count). The summed E-state index contributed by atoms with van der Waals surface area (Å²) < 4.78 is 18.3. The van der Waals surface area contributed by atoms with Gasteiger partial charge in [-0.3, -0.25) is 14.4 Å². The molecule has 0 aliphatic rings. The van der Waals surface area contributed by atoms with Crippen LogP contribution in [-0.2, 0) is 19.7 Å². The number of aryl methyl sites for hydroxylation is 1.